The molecule has 31 heavy (non-hydrogen) atoms. The van der Waals surface area contributed by atoms with Crippen LogP contribution in [0.5, 0.6) is 11.5 Å². The van der Waals surface area contributed by atoms with Gasteiger partial charge in [-0.3, -0.25) is 4.98 Å². The van der Waals surface area contributed by atoms with Crippen molar-refractivity contribution in [2.45, 2.75) is 30.7 Å². The number of hydrogen-bond donors (Lipinski definition) is 0. The molecule has 2 aromatic heterocycles. The predicted molar refractivity (Wildman–Crippen MR) is 115 cm³/mol. The number of aryl methyl sites for hydroxylation is 1. The van der Waals surface area contributed by atoms with Crippen molar-refractivity contribution in [1.29, 1.82) is 0 Å². The lowest BCUT2D eigenvalue weighted by molar-refractivity contribution is 0.171. The maximum Gasteiger partial charge on any atom is 0.243 e. The molecule has 8 nitrogen and oxygen atoms in total. The fourth-order valence-corrected chi connectivity index (χ4v) is 5.78. The highest BCUT2D eigenvalue weighted by molar-refractivity contribution is 7.89. The summed E-state index contributed by atoms with van der Waals surface area (Å²) in [6.07, 6.45) is 6.84. The Labute approximate surface area is 181 Å². The zero-order valence-electron chi connectivity index (χ0n) is 17.3. The van der Waals surface area contributed by atoms with E-state index in [9.17, 15) is 8.42 Å². The lowest BCUT2D eigenvalue weighted by Crippen LogP contribution is -2.39. The van der Waals surface area contributed by atoms with Crippen LogP contribution in [0.4, 0.5) is 0 Å². The summed E-state index contributed by atoms with van der Waals surface area (Å²) in [4.78, 5) is 9.03. The van der Waals surface area contributed by atoms with E-state index < -0.39 is 10.0 Å². The van der Waals surface area contributed by atoms with Gasteiger partial charge in [-0.05, 0) is 44.0 Å². The van der Waals surface area contributed by atoms with Crippen LogP contribution in [0.3, 0.4) is 0 Å². The molecule has 9 heteroatoms. The van der Waals surface area contributed by atoms with E-state index in [1.165, 1.54) is 0 Å². The molecule has 0 spiro atoms. The van der Waals surface area contributed by atoms with Gasteiger partial charge in [0.05, 0.1) is 4.90 Å². The highest BCUT2D eigenvalue weighted by Crippen LogP contribution is 2.35. The van der Waals surface area contributed by atoms with Crippen LogP contribution in [-0.2, 0) is 10.0 Å². The van der Waals surface area contributed by atoms with Crippen molar-refractivity contribution in [1.82, 2.24) is 18.8 Å². The van der Waals surface area contributed by atoms with Crippen LogP contribution in [0.1, 0.15) is 24.6 Å². The van der Waals surface area contributed by atoms with E-state index in [2.05, 4.69) is 14.5 Å². The van der Waals surface area contributed by atoms with Crippen molar-refractivity contribution in [2.75, 3.05) is 26.3 Å². The number of sulfonamides is 1. The van der Waals surface area contributed by atoms with Gasteiger partial charge >= 0.3 is 0 Å². The van der Waals surface area contributed by atoms with Crippen molar-refractivity contribution < 1.29 is 17.9 Å². The molecule has 1 fully saturated rings. The van der Waals surface area contributed by atoms with Crippen molar-refractivity contribution in [3.05, 3.63) is 54.6 Å². The molecular formula is C22H24N4O4S. The highest BCUT2D eigenvalue weighted by Gasteiger charge is 2.32. The molecule has 0 atom stereocenters. The monoisotopic (exact) mass is 440 g/mol. The Morgan fingerprint density at radius 3 is 2.55 bits per heavy atom. The number of fused-ring (bicyclic) bond motifs is 1. The maximum atomic E-state index is 13.2. The number of ether oxygens (including phenoxy) is 2. The summed E-state index contributed by atoms with van der Waals surface area (Å²) in [5, 5.41) is 0. The maximum absolute atomic E-state index is 13.2. The molecule has 5 rings (SSSR count). The number of imidazole rings is 1. The first kappa shape index (κ1) is 20.0. The molecule has 3 aromatic rings. The smallest absolute Gasteiger partial charge is 0.243 e. The summed E-state index contributed by atoms with van der Waals surface area (Å²) in [6, 6.07) is 8.90. The Hall–Kier alpha value is -2.91. The number of pyridine rings is 1. The van der Waals surface area contributed by atoms with Gasteiger partial charge in [0.15, 0.2) is 11.5 Å². The van der Waals surface area contributed by atoms with E-state index in [1.54, 1.807) is 34.9 Å². The Morgan fingerprint density at radius 1 is 1.03 bits per heavy atom. The molecule has 4 heterocycles. The Balaban J connectivity index is 1.35. The quantitative estimate of drug-likeness (QED) is 0.620. The number of rotatable bonds is 4. The minimum Gasteiger partial charge on any atom is -0.486 e. The van der Waals surface area contributed by atoms with Gasteiger partial charge in [0, 0.05) is 55.0 Å². The van der Waals surface area contributed by atoms with Gasteiger partial charge < -0.3 is 14.0 Å². The molecule has 0 saturated carbocycles. The molecule has 2 aliphatic heterocycles. The van der Waals surface area contributed by atoms with Crippen molar-refractivity contribution in [2.24, 2.45) is 0 Å². The highest BCUT2D eigenvalue weighted by atomic mass is 32.2. The van der Waals surface area contributed by atoms with E-state index in [0.29, 0.717) is 50.6 Å². The van der Waals surface area contributed by atoms with Gasteiger partial charge in [0.1, 0.15) is 19.0 Å². The normalized spacial score (nSPS) is 17.6. The third kappa shape index (κ3) is 3.68. The molecule has 0 aliphatic carbocycles. The molecule has 0 amide bonds. The third-order valence-corrected chi connectivity index (χ3v) is 7.74. The fraction of sp³-hybridized carbons (Fsp3) is 0.364. The molecule has 0 N–H and O–H groups in total. The molecule has 0 radical (unpaired) electrons. The second kappa shape index (κ2) is 7.97. The van der Waals surface area contributed by atoms with Crippen LogP contribution >= 0.6 is 0 Å². The van der Waals surface area contributed by atoms with E-state index >= 15 is 0 Å². The standard InChI is InChI=1S/C22H24N4O4S/c1-16-14-24-22(17-3-2-8-23-15-17)26(16)18-6-9-25(10-7-18)31(27,28)19-4-5-20-21(13-19)30-12-11-29-20/h2-5,8,13-15,18H,6-7,9-12H2,1H3. The minimum absolute atomic E-state index is 0.185. The summed E-state index contributed by atoms with van der Waals surface area (Å²) in [5.74, 6) is 1.94. The van der Waals surface area contributed by atoms with Crippen LogP contribution in [0.2, 0.25) is 0 Å². The predicted octanol–water partition coefficient (Wildman–Crippen LogP) is 3.05. The van der Waals surface area contributed by atoms with Gasteiger partial charge in [-0.1, -0.05) is 0 Å². The molecular weight excluding hydrogens is 416 g/mol. The number of benzene rings is 1. The van der Waals surface area contributed by atoms with Crippen LogP contribution in [0.15, 0.2) is 53.8 Å². The average Bonchev–Trinajstić information content (AvgIpc) is 3.20. The lowest BCUT2D eigenvalue weighted by Gasteiger charge is -2.33. The molecule has 162 valence electrons. The van der Waals surface area contributed by atoms with Crippen molar-refractivity contribution in [3.8, 4) is 22.9 Å². The first-order valence-electron chi connectivity index (χ1n) is 10.4. The zero-order chi connectivity index (χ0) is 21.4. The second-order valence-electron chi connectivity index (χ2n) is 7.78. The zero-order valence-corrected chi connectivity index (χ0v) is 18.1. The van der Waals surface area contributed by atoms with Crippen molar-refractivity contribution >= 4 is 10.0 Å². The van der Waals surface area contributed by atoms with E-state index in [4.69, 9.17) is 9.47 Å². The largest absolute Gasteiger partial charge is 0.486 e. The molecule has 0 bridgehead atoms. The number of hydrogen-bond acceptors (Lipinski definition) is 6. The number of aromatic nitrogens is 3. The molecule has 2 aliphatic rings. The van der Waals surface area contributed by atoms with Crippen LogP contribution in [0.25, 0.3) is 11.4 Å². The topological polar surface area (TPSA) is 86.6 Å². The number of nitrogens with zero attached hydrogens (tertiary/aromatic N) is 4. The fourth-order valence-electron chi connectivity index (χ4n) is 4.29. The first-order valence-corrected chi connectivity index (χ1v) is 11.8. The molecule has 1 aromatic carbocycles. The van der Waals surface area contributed by atoms with Crippen molar-refractivity contribution in [3.63, 3.8) is 0 Å². The minimum atomic E-state index is -3.60. The van der Waals surface area contributed by atoms with Gasteiger partial charge in [-0.15, -0.1) is 0 Å². The van der Waals surface area contributed by atoms with Gasteiger partial charge in [0.25, 0.3) is 0 Å². The Morgan fingerprint density at radius 2 is 1.81 bits per heavy atom. The molecule has 1 saturated heterocycles. The average molecular weight is 441 g/mol. The summed E-state index contributed by atoms with van der Waals surface area (Å²) in [6.45, 7) is 3.83. The van der Waals surface area contributed by atoms with E-state index in [1.807, 2.05) is 25.3 Å². The number of piperidine rings is 1. The van der Waals surface area contributed by atoms with Crippen LogP contribution in [-0.4, -0.2) is 53.6 Å². The SMILES string of the molecule is Cc1cnc(-c2cccnc2)n1C1CCN(S(=O)(=O)c2ccc3c(c2)OCCO3)CC1. The Bertz CT molecular complexity index is 1190. The third-order valence-electron chi connectivity index (χ3n) is 5.84. The summed E-state index contributed by atoms with van der Waals surface area (Å²) in [7, 11) is -3.60. The molecule has 0 unspecified atom stereocenters. The lowest BCUT2D eigenvalue weighted by atomic mass is 10.1. The van der Waals surface area contributed by atoms with E-state index in [0.717, 1.165) is 17.1 Å². The van der Waals surface area contributed by atoms with Crippen LogP contribution < -0.4 is 9.47 Å². The van der Waals surface area contributed by atoms with Gasteiger partial charge in [0.2, 0.25) is 10.0 Å². The van der Waals surface area contributed by atoms with E-state index in [-0.39, 0.29) is 10.9 Å². The van der Waals surface area contributed by atoms with Gasteiger partial charge in [-0.25, -0.2) is 13.4 Å². The summed E-state index contributed by atoms with van der Waals surface area (Å²) >= 11 is 0. The first-order chi connectivity index (χ1) is 15.0. The second-order valence-corrected chi connectivity index (χ2v) is 9.71. The van der Waals surface area contributed by atoms with Crippen LogP contribution in [0, 0.1) is 6.92 Å². The summed E-state index contributed by atoms with van der Waals surface area (Å²) in [5.41, 5.74) is 2.02. The van der Waals surface area contributed by atoms with Gasteiger partial charge in [-0.2, -0.15) is 4.31 Å². The summed E-state index contributed by atoms with van der Waals surface area (Å²) < 4.78 is 41.3. The Kier molecular flexibility index (Phi) is 5.15.